The van der Waals surface area contributed by atoms with Crippen LogP contribution in [-0.2, 0) is 22.7 Å². The van der Waals surface area contributed by atoms with E-state index in [4.69, 9.17) is 5.14 Å². The van der Waals surface area contributed by atoms with Crippen LogP contribution in [0.25, 0.3) is 0 Å². The van der Waals surface area contributed by atoms with Crippen LogP contribution < -0.4 is 15.8 Å². The molecule has 0 aliphatic heterocycles. The van der Waals surface area contributed by atoms with Crippen molar-refractivity contribution in [1.29, 1.82) is 0 Å². The van der Waals surface area contributed by atoms with Crippen molar-refractivity contribution in [3.8, 4) is 0 Å². The zero-order chi connectivity index (χ0) is 18.4. The minimum absolute atomic E-state index is 0.0553. The van der Waals surface area contributed by atoms with Crippen LogP contribution >= 0.6 is 0 Å². The molecule has 0 aromatic heterocycles. The maximum absolute atomic E-state index is 13.0. The minimum Gasteiger partial charge on any atom is -0.357 e. The van der Waals surface area contributed by atoms with Gasteiger partial charge in [-0.25, -0.2) is 22.9 Å². The van der Waals surface area contributed by atoms with Gasteiger partial charge < -0.3 is 10.6 Å². The second-order valence-corrected chi connectivity index (χ2v) is 6.52. The summed E-state index contributed by atoms with van der Waals surface area (Å²) in [5.41, 5.74) is -1.31. The lowest BCUT2D eigenvalue weighted by molar-refractivity contribution is -0.138. The van der Waals surface area contributed by atoms with E-state index >= 15 is 0 Å². The number of nitrogens with zero attached hydrogens (tertiary/aromatic N) is 1. The van der Waals surface area contributed by atoms with Crippen molar-refractivity contribution >= 4 is 16.0 Å². The number of alkyl halides is 3. The molecule has 1 aromatic rings. The maximum Gasteiger partial charge on any atom is 0.416 e. The number of nitrogens with two attached hydrogens (primary N) is 1. The Hall–Kier alpha value is -1.88. The second kappa shape index (κ2) is 8.29. The Morgan fingerprint density at radius 3 is 2.50 bits per heavy atom. The van der Waals surface area contributed by atoms with E-state index in [1.165, 1.54) is 0 Å². The number of guanidine groups is 1. The van der Waals surface area contributed by atoms with Gasteiger partial charge in [-0.1, -0.05) is 6.07 Å². The number of aliphatic imine (C=N–C) groups is 1. The Morgan fingerprint density at radius 2 is 1.96 bits per heavy atom. The average Bonchev–Trinajstić information content (AvgIpc) is 2.43. The molecule has 0 amide bonds. The van der Waals surface area contributed by atoms with Crippen LogP contribution in [0.1, 0.15) is 18.1 Å². The Morgan fingerprint density at radius 1 is 1.29 bits per heavy atom. The molecular weight excluding hydrogens is 352 g/mol. The molecule has 1 rings (SSSR count). The summed E-state index contributed by atoms with van der Waals surface area (Å²) in [5.74, 6) is -1.23. The zero-order valence-electron chi connectivity index (χ0n) is 12.8. The number of sulfonamides is 1. The molecule has 0 atom stereocenters. The molecule has 11 heteroatoms. The third-order valence-electron chi connectivity index (χ3n) is 2.81. The summed E-state index contributed by atoms with van der Waals surface area (Å²) in [7, 11) is -3.67. The summed E-state index contributed by atoms with van der Waals surface area (Å²) in [5, 5.41) is 10.3. The van der Waals surface area contributed by atoms with Gasteiger partial charge in [-0.15, -0.1) is 0 Å². The van der Waals surface area contributed by atoms with Gasteiger partial charge in [0.25, 0.3) is 0 Å². The molecule has 0 aliphatic carbocycles. The van der Waals surface area contributed by atoms with Crippen molar-refractivity contribution in [1.82, 2.24) is 10.6 Å². The van der Waals surface area contributed by atoms with E-state index in [0.717, 1.165) is 12.1 Å². The van der Waals surface area contributed by atoms with Crippen molar-refractivity contribution < 1.29 is 26.0 Å². The van der Waals surface area contributed by atoms with E-state index in [2.05, 4.69) is 15.6 Å². The van der Waals surface area contributed by atoms with Gasteiger partial charge in [-0.05, 0) is 24.6 Å². The van der Waals surface area contributed by atoms with Crippen molar-refractivity contribution in [2.45, 2.75) is 19.6 Å². The lowest BCUT2D eigenvalue weighted by Gasteiger charge is -2.13. The predicted octanol–water partition coefficient (Wildman–Crippen LogP) is 1.19. The summed E-state index contributed by atoms with van der Waals surface area (Å²) < 4.78 is 73.5. The fraction of sp³-hybridized carbons (Fsp3) is 0.462. The molecule has 136 valence electrons. The van der Waals surface area contributed by atoms with Gasteiger partial charge in [0, 0.05) is 13.1 Å². The summed E-state index contributed by atoms with van der Waals surface area (Å²) in [6.07, 6.45) is -4.70. The van der Waals surface area contributed by atoms with Crippen LogP contribution in [0.2, 0.25) is 0 Å². The minimum atomic E-state index is -4.70. The van der Waals surface area contributed by atoms with Crippen molar-refractivity contribution in [3.63, 3.8) is 0 Å². The Labute approximate surface area is 137 Å². The first-order valence-electron chi connectivity index (χ1n) is 6.91. The molecule has 0 fully saturated rings. The van der Waals surface area contributed by atoms with Crippen molar-refractivity contribution in [2.75, 3.05) is 18.8 Å². The molecule has 0 spiro atoms. The smallest absolute Gasteiger partial charge is 0.357 e. The number of hydrogen-bond acceptors (Lipinski definition) is 3. The predicted molar refractivity (Wildman–Crippen MR) is 82.2 cm³/mol. The van der Waals surface area contributed by atoms with Crippen LogP contribution in [-0.4, -0.2) is 33.2 Å². The maximum atomic E-state index is 13.0. The highest BCUT2D eigenvalue weighted by Crippen LogP contribution is 2.32. The molecule has 1 aromatic carbocycles. The van der Waals surface area contributed by atoms with Crippen molar-refractivity contribution in [3.05, 3.63) is 35.1 Å². The van der Waals surface area contributed by atoms with Crippen LogP contribution in [0.15, 0.2) is 23.2 Å². The topological polar surface area (TPSA) is 96.6 Å². The quantitative estimate of drug-likeness (QED) is 0.398. The zero-order valence-corrected chi connectivity index (χ0v) is 13.6. The fourth-order valence-corrected chi connectivity index (χ4v) is 2.15. The standard InChI is InChI=1S/C13H18F4N4O2S/c1-2-19-12(20-5-6-24(18,22)23)21-8-9-3-4-10(14)7-11(9)13(15,16)17/h3-4,7H,2,5-6,8H2,1H3,(H2,18,22,23)(H2,19,20,21). The molecule has 0 radical (unpaired) electrons. The molecule has 0 unspecified atom stereocenters. The van der Waals surface area contributed by atoms with Crippen LogP contribution in [0.5, 0.6) is 0 Å². The normalized spacial score (nSPS) is 13.0. The van der Waals surface area contributed by atoms with E-state index in [9.17, 15) is 26.0 Å². The second-order valence-electron chi connectivity index (χ2n) is 4.79. The van der Waals surface area contributed by atoms with Gasteiger partial charge in [0.2, 0.25) is 10.0 Å². The van der Waals surface area contributed by atoms with Crippen LogP contribution in [0.3, 0.4) is 0 Å². The lowest BCUT2D eigenvalue weighted by Crippen LogP contribution is -2.40. The summed E-state index contributed by atoms with van der Waals surface area (Å²) >= 11 is 0. The number of primary sulfonamides is 1. The first-order valence-corrected chi connectivity index (χ1v) is 8.62. The van der Waals surface area contributed by atoms with Crippen LogP contribution in [0.4, 0.5) is 17.6 Å². The molecule has 4 N–H and O–H groups in total. The monoisotopic (exact) mass is 370 g/mol. The van der Waals surface area contributed by atoms with E-state index in [-0.39, 0.29) is 30.4 Å². The average molecular weight is 370 g/mol. The number of nitrogens with one attached hydrogen (secondary N) is 2. The molecule has 0 heterocycles. The molecule has 24 heavy (non-hydrogen) atoms. The summed E-state index contributed by atoms with van der Waals surface area (Å²) in [6, 6.07) is 2.34. The molecule has 0 aliphatic rings. The van der Waals surface area contributed by atoms with Gasteiger partial charge in [0.15, 0.2) is 5.96 Å². The van der Waals surface area contributed by atoms with E-state index in [1.807, 2.05) is 0 Å². The Kier molecular flexibility index (Phi) is 6.96. The fourth-order valence-electron chi connectivity index (χ4n) is 1.77. The largest absolute Gasteiger partial charge is 0.416 e. The Balaban J connectivity index is 2.90. The van der Waals surface area contributed by atoms with Gasteiger partial charge in [0.1, 0.15) is 5.82 Å². The molecule has 0 bridgehead atoms. The third-order valence-corrected chi connectivity index (χ3v) is 3.58. The Bertz CT molecular complexity index is 690. The molecular formula is C13H18F4N4O2S. The molecule has 0 saturated heterocycles. The first-order chi connectivity index (χ1) is 11.0. The number of hydrogen-bond donors (Lipinski definition) is 3. The molecule has 6 nitrogen and oxygen atoms in total. The lowest BCUT2D eigenvalue weighted by atomic mass is 10.1. The number of halogens is 4. The summed E-state index contributed by atoms with van der Waals surface area (Å²) in [4.78, 5) is 3.94. The van der Waals surface area contributed by atoms with Crippen LogP contribution in [0, 0.1) is 5.82 Å². The van der Waals surface area contributed by atoms with E-state index < -0.39 is 27.6 Å². The molecule has 0 saturated carbocycles. The van der Waals surface area contributed by atoms with Gasteiger partial charge in [-0.2, -0.15) is 13.2 Å². The van der Waals surface area contributed by atoms with Gasteiger partial charge in [-0.3, -0.25) is 0 Å². The highest BCUT2D eigenvalue weighted by Gasteiger charge is 2.33. The van der Waals surface area contributed by atoms with Gasteiger partial charge in [0.05, 0.1) is 17.9 Å². The van der Waals surface area contributed by atoms with Gasteiger partial charge >= 0.3 is 6.18 Å². The SMILES string of the molecule is CCNC(=NCc1ccc(F)cc1C(F)(F)F)NCCS(N)(=O)=O. The van der Waals surface area contributed by atoms with Crippen molar-refractivity contribution in [2.24, 2.45) is 10.1 Å². The third kappa shape index (κ3) is 7.13. The number of benzene rings is 1. The van der Waals surface area contributed by atoms with E-state index in [0.29, 0.717) is 12.6 Å². The highest BCUT2D eigenvalue weighted by molar-refractivity contribution is 7.89. The van der Waals surface area contributed by atoms with E-state index in [1.54, 1.807) is 6.92 Å². The number of rotatable bonds is 6. The highest BCUT2D eigenvalue weighted by atomic mass is 32.2. The first kappa shape index (κ1) is 20.2. The summed E-state index contributed by atoms with van der Waals surface area (Å²) in [6.45, 7) is 1.73.